The van der Waals surface area contributed by atoms with Gasteiger partial charge in [-0.1, -0.05) is 0 Å². The van der Waals surface area contributed by atoms with E-state index in [1.807, 2.05) is 0 Å². The molecule has 2 atom stereocenters. The largest absolute Gasteiger partial charge is 0.427 e. The van der Waals surface area contributed by atoms with E-state index in [-0.39, 0.29) is 24.4 Å². The van der Waals surface area contributed by atoms with E-state index in [2.05, 4.69) is 15.6 Å². The van der Waals surface area contributed by atoms with Crippen LogP contribution in [0.2, 0.25) is 0 Å². The summed E-state index contributed by atoms with van der Waals surface area (Å²) in [6.07, 6.45) is -3.85. The summed E-state index contributed by atoms with van der Waals surface area (Å²) in [5.41, 5.74) is 0. The highest BCUT2D eigenvalue weighted by atomic mass is 35.5. The van der Waals surface area contributed by atoms with Gasteiger partial charge in [0, 0.05) is 32.1 Å². The zero-order chi connectivity index (χ0) is 13.2. The van der Waals surface area contributed by atoms with Crippen LogP contribution in [0.5, 0.6) is 0 Å². The number of hydrogen-bond acceptors (Lipinski definition) is 5. The standard InChI is InChI=1S/C10H14F3N3OS.ClH/c11-10(12,13)8-4-16-9(18-8)5-15-2-6-1-14-3-7(6)17;/h4,6-7,14-15,17H,1-3,5H2;1H. The monoisotopic (exact) mass is 317 g/mol. The van der Waals surface area contributed by atoms with E-state index in [9.17, 15) is 18.3 Å². The van der Waals surface area contributed by atoms with Gasteiger partial charge in [-0.3, -0.25) is 0 Å². The molecule has 2 rings (SSSR count). The molecule has 4 nitrogen and oxygen atoms in total. The molecule has 0 bridgehead atoms. The topological polar surface area (TPSA) is 57.2 Å². The molecule has 1 aromatic rings. The van der Waals surface area contributed by atoms with Crippen molar-refractivity contribution >= 4 is 23.7 Å². The Balaban J connectivity index is 0.00000180. The third-order valence-corrected chi connectivity index (χ3v) is 3.86. The van der Waals surface area contributed by atoms with Gasteiger partial charge in [0.2, 0.25) is 0 Å². The van der Waals surface area contributed by atoms with Gasteiger partial charge < -0.3 is 15.7 Å². The van der Waals surface area contributed by atoms with E-state index in [0.717, 1.165) is 12.7 Å². The zero-order valence-corrected chi connectivity index (χ0v) is 11.5. The van der Waals surface area contributed by atoms with E-state index in [0.29, 0.717) is 36.0 Å². The molecular weight excluding hydrogens is 303 g/mol. The van der Waals surface area contributed by atoms with Gasteiger partial charge in [-0.2, -0.15) is 13.2 Å². The second-order valence-corrected chi connectivity index (χ2v) is 5.35. The highest BCUT2D eigenvalue weighted by Crippen LogP contribution is 2.33. The SMILES string of the molecule is Cl.OC1CNCC1CNCc1ncc(C(F)(F)F)s1. The third kappa shape index (κ3) is 4.57. The van der Waals surface area contributed by atoms with Crippen LogP contribution in [0.25, 0.3) is 0 Å². The van der Waals surface area contributed by atoms with Crippen molar-refractivity contribution in [3.05, 3.63) is 16.1 Å². The average Bonchev–Trinajstić information content (AvgIpc) is 2.88. The number of alkyl halides is 3. The minimum absolute atomic E-state index is 0. The van der Waals surface area contributed by atoms with Crippen LogP contribution in [0, 0.1) is 5.92 Å². The van der Waals surface area contributed by atoms with E-state index in [1.165, 1.54) is 0 Å². The summed E-state index contributed by atoms with van der Waals surface area (Å²) >= 11 is 0.646. The number of rotatable bonds is 4. The number of thiazole rings is 1. The number of aliphatic hydroxyl groups excluding tert-OH is 1. The Morgan fingerprint density at radius 1 is 1.47 bits per heavy atom. The molecule has 1 aliphatic rings. The molecule has 0 amide bonds. The molecule has 0 spiro atoms. The van der Waals surface area contributed by atoms with Crippen LogP contribution in [0.1, 0.15) is 9.88 Å². The molecule has 2 heterocycles. The third-order valence-electron chi connectivity index (χ3n) is 2.82. The normalized spacial score (nSPS) is 23.4. The number of halogens is 4. The lowest BCUT2D eigenvalue weighted by Gasteiger charge is -2.13. The summed E-state index contributed by atoms with van der Waals surface area (Å²) in [6.45, 7) is 2.15. The Bertz CT molecular complexity index is 402. The maximum absolute atomic E-state index is 12.3. The van der Waals surface area contributed by atoms with Gasteiger partial charge in [0.15, 0.2) is 0 Å². The minimum atomic E-state index is -4.32. The fraction of sp³-hybridized carbons (Fsp3) is 0.700. The van der Waals surface area contributed by atoms with Gasteiger partial charge in [0.25, 0.3) is 0 Å². The Morgan fingerprint density at radius 2 is 2.21 bits per heavy atom. The maximum atomic E-state index is 12.3. The van der Waals surface area contributed by atoms with Crippen LogP contribution in [-0.4, -0.2) is 35.8 Å². The van der Waals surface area contributed by atoms with E-state index >= 15 is 0 Å². The predicted octanol–water partition coefficient (Wildman–Crippen LogP) is 1.25. The summed E-state index contributed by atoms with van der Waals surface area (Å²) in [7, 11) is 0. The number of β-amino-alcohol motifs (C(OH)–C–C–N with tert-alkyl or cyclic N) is 1. The molecule has 1 aromatic heterocycles. The molecule has 1 fully saturated rings. The molecular formula is C10H15ClF3N3OS. The van der Waals surface area contributed by atoms with Crippen LogP contribution >= 0.6 is 23.7 Å². The highest BCUT2D eigenvalue weighted by molar-refractivity contribution is 7.11. The van der Waals surface area contributed by atoms with Crippen LogP contribution in [0.15, 0.2) is 6.20 Å². The van der Waals surface area contributed by atoms with Crippen molar-refractivity contribution in [2.24, 2.45) is 5.92 Å². The maximum Gasteiger partial charge on any atom is 0.427 e. The molecule has 2 unspecified atom stereocenters. The molecule has 0 radical (unpaired) electrons. The van der Waals surface area contributed by atoms with Gasteiger partial charge in [0.1, 0.15) is 9.88 Å². The first kappa shape index (κ1) is 16.6. The van der Waals surface area contributed by atoms with E-state index in [4.69, 9.17) is 0 Å². The summed E-state index contributed by atoms with van der Waals surface area (Å²) in [5, 5.41) is 16.0. The fourth-order valence-electron chi connectivity index (χ4n) is 1.82. The van der Waals surface area contributed by atoms with Gasteiger partial charge in [0.05, 0.1) is 12.3 Å². The van der Waals surface area contributed by atoms with Gasteiger partial charge in [-0.05, 0) is 0 Å². The number of hydrogen-bond donors (Lipinski definition) is 3. The van der Waals surface area contributed by atoms with Gasteiger partial charge in [-0.25, -0.2) is 4.98 Å². The molecule has 3 N–H and O–H groups in total. The summed E-state index contributed by atoms with van der Waals surface area (Å²) in [5.74, 6) is 0.104. The smallest absolute Gasteiger partial charge is 0.391 e. The first-order valence-electron chi connectivity index (χ1n) is 5.58. The number of aliphatic hydroxyl groups is 1. The molecule has 1 aliphatic heterocycles. The fourth-order valence-corrected chi connectivity index (χ4v) is 2.57. The lowest BCUT2D eigenvalue weighted by Crippen LogP contribution is -2.30. The van der Waals surface area contributed by atoms with Crippen molar-refractivity contribution in [1.82, 2.24) is 15.6 Å². The average molecular weight is 318 g/mol. The lowest BCUT2D eigenvalue weighted by molar-refractivity contribution is -0.134. The Morgan fingerprint density at radius 3 is 2.74 bits per heavy atom. The molecule has 0 saturated carbocycles. The van der Waals surface area contributed by atoms with Gasteiger partial charge >= 0.3 is 6.18 Å². The van der Waals surface area contributed by atoms with Crippen LogP contribution in [0.4, 0.5) is 13.2 Å². The second-order valence-electron chi connectivity index (χ2n) is 4.23. The molecule has 0 aromatic carbocycles. The molecule has 0 aliphatic carbocycles. The molecule has 110 valence electrons. The van der Waals surface area contributed by atoms with Gasteiger partial charge in [-0.15, -0.1) is 23.7 Å². The van der Waals surface area contributed by atoms with Crippen molar-refractivity contribution in [3.8, 4) is 0 Å². The Labute approximate surface area is 118 Å². The van der Waals surface area contributed by atoms with Crippen molar-refractivity contribution < 1.29 is 18.3 Å². The second kappa shape index (κ2) is 6.85. The molecule has 1 saturated heterocycles. The number of nitrogens with one attached hydrogen (secondary N) is 2. The zero-order valence-electron chi connectivity index (χ0n) is 9.91. The quantitative estimate of drug-likeness (QED) is 0.782. The highest BCUT2D eigenvalue weighted by Gasteiger charge is 2.33. The number of nitrogens with zero attached hydrogens (tertiary/aromatic N) is 1. The van der Waals surface area contributed by atoms with Crippen molar-refractivity contribution in [2.45, 2.75) is 18.8 Å². The van der Waals surface area contributed by atoms with Crippen molar-refractivity contribution in [1.29, 1.82) is 0 Å². The first-order valence-corrected chi connectivity index (χ1v) is 6.40. The van der Waals surface area contributed by atoms with E-state index in [1.54, 1.807) is 0 Å². The van der Waals surface area contributed by atoms with Crippen LogP contribution in [-0.2, 0) is 12.7 Å². The van der Waals surface area contributed by atoms with Crippen molar-refractivity contribution in [3.63, 3.8) is 0 Å². The van der Waals surface area contributed by atoms with E-state index < -0.39 is 11.1 Å². The molecule has 19 heavy (non-hydrogen) atoms. The predicted molar refractivity (Wildman–Crippen MR) is 68.4 cm³/mol. The number of aromatic nitrogens is 1. The van der Waals surface area contributed by atoms with Crippen LogP contribution < -0.4 is 10.6 Å². The summed E-state index contributed by atoms with van der Waals surface area (Å²) in [6, 6.07) is 0. The summed E-state index contributed by atoms with van der Waals surface area (Å²) in [4.78, 5) is 3.04. The first-order chi connectivity index (χ1) is 8.47. The van der Waals surface area contributed by atoms with Crippen LogP contribution in [0.3, 0.4) is 0 Å². The van der Waals surface area contributed by atoms with Crippen molar-refractivity contribution in [2.75, 3.05) is 19.6 Å². The molecule has 9 heteroatoms. The Kier molecular flexibility index (Phi) is 6.00. The minimum Gasteiger partial charge on any atom is -0.391 e. The summed E-state index contributed by atoms with van der Waals surface area (Å²) < 4.78 is 37.0. The lowest BCUT2D eigenvalue weighted by atomic mass is 10.1. The Hall–Kier alpha value is -0.410.